The smallest absolute Gasteiger partial charge is 0.278 e. The Kier molecular flexibility index (Phi) is 7.01. The molecule has 11 heteroatoms. The molecule has 1 aromatic carbocycles. The van der Waals surface area contributed by atoms with Gasteiger partial charge in [-0.25, -0.2) is 14.3 Å². The highest BCUT2D eigenvalue weighted by atomic mass is 16.5. The third-order valence-corrected chi connectivity index (χ3v) is 6.59. The van der Waals surface area contributed by atoms with Gasteiger partial charge in [-0.15, -0.1) is 6.58 Å². The monoisotopic (exact) mass is 516 g/mol. The Bertz CT molecular complexity index is 1590. The fraction of sp³-hybridized carbons (Fsp3) is 0.333. The molecule has 1 saturated heterocycles. The molecule has 0 bridgehead atoms. The van der Waals surface area contributed by atoms with Gasteiger partial charge in [0.1, 0.15) is 11.1 Å². The number of hydrogen-bond donors (Lipinski definition) is 2. The van der Waals surface area contributed by atoms with Crippen molar-refractivity contribution in [3.05, 3.63) is 76.1 Å². The number of allylic oxidation sites excluding steroid dienone is 1. The van der Waals surface area contributed by atoms with Crippen molar-refractivity contribution in [2.45, 2.75) is 26.4 Å². The van der Waals surface area contributed by atoms with E-state index in [0.29, 0.717) is 22.7 Å². The van der Waals surface area contributed by atoms with Crippen molar-refractivity contribution >= 4 is 28.4 Å². The van der Waals surface area contributed by atoms with Gasteiger partial charge < -0.3 is 24.8 Å². The molecular formula is C27H32N8O3. The molecule has 4 heterocycles. The number of fused-ring (bicyclic) bond motifs is 1. The standard InChI is InChI=1S/C27H32N8O3/c1-5-12-34-26(37)21-16-29-27(31-25(21)35(34)20-7-9-24(36)33(17-20)18(2)3)30-19-6-8-22(23(15-19)38-4)32-13-10-28-11-14-32/h5-9,15-18,28H,1,10-14H2,2-4H3,(H,29,30,31). The largest absolute Gasteiger partial charge is 0.495 e. The Morgan fingerprint density at radius 1 is 1.18 bits per heavy atom. The zero-order valence-corrected chi connectivity index (χ0v) is 21.8. The molecule has 38 heavy (non-hydrogen) atoms. The van der Waals surface area contributed by atoms with Crippen molar-refractivity contribution in [2.24, 2.45) is 0 Å². The zero-order chi connectivity index (χ0) is 26.8. The van der Waals surface area contributed by atoms with Crippen LogP contribution in [0.2, 0.25) is 0 Å². The van der Waals surface area contributed by atoms with Crippen molar-refractivity contribution in [1.29, 1.82) is 0 Å². The van der Waals surface area contributed by atoms with Crippen LogP contribution in [0.25, 0.3) is 16.7 Å². The van der Waals surface area contributed by atoms with Crippen LogP contribution in [0, 0.1) is 0 Å². The molecular weight excluding hydrogens is 484 g/mol. The number of ether oxygens (including phenoxy) is 1. The molecule has 1 fully saturated rings. The normalized spacial score (nSPS) is 13.7. The maximum atomic E-state index is 13.2. The first-order valence-electron chi connectivity index (χ1n) is 12.6. The number of aromatic nitrogens is 5. The molecule has 4 aromatic rings. The minimum absolute atomic E-state index is 0.0464. The average Bonchev–Trinajstić information content (AvgIpc) is 3.20. The average molecular weight is 517 g/mol. The van der Waals surface area contributed by atoms with E-state index in [0.717, 1.165) is 43.3 Å². The maximum Gasteiger partial charge on any atom is 0.278 e. The lowest BCUT2D eigenvalue weighted by Crippen LogP contribution is -2.43. The lowest BCUT2D eigenvalue weighted by atomic mass is 10.2. The maximum absolute atomic E-state index is 13.2. The van der Waals surface area contributed by atoms with Crippen LogP contribution in [-0.2, 0) is 6.54 Å². The molecule has 0 unspecified atom stereocenters. The van der Waals surface area contributed by atoms with Gasteiger partial charge in [0, 0.05) is 62.4 Å². The number of anilines is 3. The molecule has 1 aliphatic heterocycles. The molecule has 0 amide bonds. The molecule has 0 radical (unpaired) electrons. The number of hydrogen-bond acceptors (Lipinski definition) is 8. The van der Waals surface area contributed by atoms with Gasteiger partial charge in [-0.2, -0.15) is 4.98 Å². The van der Waals surface area contributed by atoms with Crippen molar-refractivity contribution in [1.82, 2.24) is 29.2 Å². The molecule has 198 valence electrons. The Hall–Kier alpha value is -4.38. The van der Waals surface area contributed by atoms with Crippen LogP contribution in [0.3, 0.4) is 0 Å². The lowest BCUT2D eigenvalue weighted by Gasteiger charge is -2.30. The SMILES string of the molecule is C=CCn1c(=O)c2cnc(Nc3ccc(N4CCNCC4)c(OC)c3)nc2n1-c1ccc(=O)n(C(C)C)c1. The summed E-state index contributed by atoms with van der Waals surface area (Å²) in [6.45, 7) is 11.6. The van der Waals surface area contributed by atoms with Gasteiger partial charge in [0.25, 0.3) is 11.1 Å². The Balaban J connectivity index is 1.57. The number of pyridine rings is 1. The van der Waals surface area contributed by atoms with Crippen LogP contribution in [0.4, 0.5) is 17.3 Å². The van der Waals surface area contributed by atoms with Crippen molar-refractivity contribution < 1.29 is 4.74 Å². The Morgan fingerprint density at radius 2 is 1.97 bits per heavy atom. The van der Waals surface area contributed by atoms with E-state index < -0.39 is 0 Å². The number of nitrogens with zero attached hydrogens (tertiary/aromatic N) is 6. The summed E-state index contributed by atoms with van der Waals surface area (Å²) in [4.78, 5) is 37.0. The van der Waals surface area contributed by atoms with Gasteiger partial charge in [-0.1, -0.05) is 6.08 Å². The first kappa shape index (κ1) is 25.3. The molecule has 2 N–H and O–H groups in total. The quantitative estimate of drug-likeness (QED) is 0.344. The minimum atomic E-state index is -0.240. The molecule has 3 aromatic heterocycles. The number of piperazine rings is 1. The van der Waals surface area contributed by atoms with Crippen LogP contribution < -0.4 is 31.4 Å². The molecule has 0 atom stereocenters. The first-order valence-corrected chi connectivity index (χ1v) is 12.6. The summed E-state index contributed by atoms with van der Waals surface area (Å²) in [5.41, 5.74) is 2.50. The predicted molar refractivity (Wildman–Crippen MR) is 149 cm³/mol. The van der Waals surface area contributed by atoms with E-state index in [1.807, 2.05) is 32.0 Å². The van der Waals surface area contributed by atoms with Crippen LogP contribution in [-0.4, -0.2) is 57.2 Å². The summed E-state index contributed by atoms with van der Waals surface area (Å²) in [6.07, 6.45) is 4.91. The van der Waals surface area contributed by atoms with Crippen LogP contribution in [0.15, 0.2) is 65.0 Å². The predicted octanol–water partition coefficient (Wildman–Crippen LogP) is 2.67. The van der Waals surface area contributed by atoms with E-state index in [-0.39, 0.29) is 23.7 Å². The number of benzene rings is 1. The third-order valence-electron chi connectivity index (χ3n) is 6.59. The fourth-order valence-electron chi connectivity index (χ4n) is 4.71. The molecule has 0 saturated carbocycles. The number of rotatable bonds is 8. The van der Waals surface area contributed by atoms with Gasteiger partial charge in [0.05, 0.1) is 25.0 Å². The first-order chi connectivity index (χ1) is 18.4. The van der Waals surface area contributed by atoms with E-state index in [1.165, 1.54) is 16.9 Å². The van der Waals surface area contributed by atoms with E-state index in [4.69, 9.17) is 9.72 Å². The second-order valence-electron chi connectivity index (χ2n) is 9.39. The highest BCUT2D eigenvalue weighted by molar-refractivity contribution is 5.77. The number of methoxy groups -OCH3 is 1. The molecule has 1 aliphatic rings. The highest BCUT2D eigenvalue weighted by Crippen LogP contribution is 2.32. The molecule has 11 nitrogen and oxygen atoms in total. The van der Waals surface area contributed by atoms with Crippen molar-refractivity contribution in [2.75, 3.05) is 43.5 Å². The summed E-state index contributed by atoms with van der Waals surface area (Å²) in [5, 5.41) is 6.98. The van der Waals surface area contributed by atoms with Crippen LogP contribution in [0.1, 0.15) is 19.9 Å². The van der Waals surface area contributed by atoms with E-state index >= 15 is 0 Å². The minimum Gasteiger partial charge on any atom is -0.495 e. The summed E-state index contributed by atoms with van der Waals surface area (Å²) < 4.78 is 10.5. The Labute approximate surface area is 220 Å². The van der Waals surface area contributed by atoms with Gasteiger partial charge in [0.2, 0.25) is 5.95 Å². The Morgan fingerprint density at radius 3 is 2.68 bits per heavy atom. The second-order valence-corrected chi connectivity index (χ2v) is 9.39. The molecule has 5 rings (SSSR count). The zero-order valence-electron chi connectivity index (χ0n) is 21.8. The summed E-state index contributed by atoms with van der Waals surface area (Å²) >= 11 is 0. The second kappa shape index (κ2) is 10.5. The summed E-state index contributed by atoms with van der Waals surface area (Å²) in [5.74, 6) is 1.08. The molecule has 0 spiro atoms. The summed E-state index contributed by atoms with van der Waals surface area (Å²) in [7, 11) is 1.66. The van der Waals surface area contributed by atoms with Gasteiger partial charge in [0.15, 0.2) is 5.65 Å². The van der Waals surface area contributed by atoms with Crippen molar-refractivity contribution in [3.8, 4) is 11.4 Å². The fourth-order valence-corrected chi connectivity index (χ4v) is 4.71. The van der Waals surface area contributed by atoms with E-state index in [2.05, 4.69) is 27.1 Å². The molecule has 0 aliphatic carbocycles. The van der Waals surface area contributed by atoms with Crippen LogP contribution in [0.5, 0.6) is 5.75 Å². The van der Waals surface area contributed by atoms with Crippen LogP contribution >= 0.6 is 0 Å². The van der Waals surface area contributed by atoms with Gasteiger partial charge in [-0.3, -0.25) is 9.59 Å². The van der Waals surface area contributed by atoms with E-state index in [9.17, 15) is 9.59 Å². The summed E-state index contributed by atoms with van der Waals surface area (Å²) in [6, 6.07) is 9.04. The van der Waals surface area contributed by atoms with E-state index in [1.54, 1.807) is 34.7 Å². The van der Waals surface area contributed by atoms with Gasteiger partial charge >= 0.3 is 0 Å². The lowest BCUT2D eigenvalue weighted by molar-refractivity contribution is 0.413. The highest BCUT2D eigenvalue weighted by Gasteiger charge is 2.19. The topological polar surface area (TPSA) is 111 Å². The third kappa shape index (κ3) is 4.68. The number of nitrogens with one attached hydrogen (secondary N) is 2. The van der Waals surface area contributed by atoms with Gasteiger partial charge in [-0.05, 0) is 32.0 Å². The van der Waals surface area contributed by atoms with Crippen molar-refractivity contribution in [3.63, 3.8) is 0 Å².